The molecule has 3 N–H and O–H groups in total. The highest BCUT2D eigenvalue weighted by molar-refractivity contribution is 6.30. The Morgan fingerprint density at radius 1 is 1.04 bits per heavy atom. The number of nitrogens with one attached hydrogen (secondary N) is 3. The maximum atomic E-state index is 11.9. The van der Waals surface area contributed by atoms with Crippen LogP contribution in [0.4, 0.5) is 10.5 Å². The molecule has 0 saturated heterocycles. The maximum Gasteiger partial charge on any atom is 0.319 e. The molecule has 2 aromatic carbocycles. The van der Waals surface area contributed by atoms with Crippen molar-refractivity contribution in [2.75, 3.05) is 32.6 Å². The summed E-state index contributed by atoms with van der Waals surface area (Å²) in [6.45, 7) is 0.265. The summed E-state index contributed by atoms with van der Waals surface area (Å²) in [6.07, 6.45) is 0.570. The van der Waals surface area contributed by atoms with Gasteiger partial charge < -0.3 is 25.4 Å². The van der Waals surface area contributed by atoms with E-state index in [1.807, 2.05) is 18.2 Å². The fourth-order valence-corrected chi connectivity index (χ4v) is 2.57. The number of carbonyl (C=O) groups is 2. The van der Waals surface area contributed by atoms with Gasteiger partial charge in [0, 0.05) is 17.3 Å². The van der Waals surface area contributed by atoms with Crippen LogP contribution in [0.1, 0.15) is 5.56 Å². The molecule has 8 heteroatoms. The normalized spacial score (nSPS) is 10.0. The third kappa shape index (κ3) is 6.71. The molecule has 144 valence electrons. The maximum absolute atomic E-state index is 11.9. The molecule has 0 radical (unpaired) electrons. The molecule has 0 unspecified atom stereocenters. The van der Waals surface area contributed by atoms with Crippen LogP contribution in [0.3, 0.4) is 0 Å². The Bertz CT molecular complexity index is 798. The number of hydrogen-bond acceptors (Lipinski definition) is 4. The summed E-state index contributed by atoms with van der Waals surface area (Å²) >= 11 is 5.85. The molecule has 0 saturated carbocycles. The molecule has 0 fully saturated rings. The number of anilines is 1. The molecule has 0 heterocycles. The quantitative estimate of drug-likeness (QED) is 0.645. The van der Waals surface area contributed by atoms with Crippen LogP contribution in [0.25, 0.3) is 0 Å². The van der Waals surface area contributed by atoms with E-state index in [0.717, 1.165) is 17.1 Å². The highest BCUT2D eigenvalue weighted by Gasteiger charge is 2.08. The lowest BCUT2D eigenvalue weighted by Crippen LogP contribution is -2.39. The van der Waals surface area contributed by atoms with E-state index in [1.54, 1.807) is 38.5 Å². The lowest BCUT2D eigenvalue weighted by Gasteiger charge is -2.11. The van der Waals surface area contributed by atoms with E-state index in [0.29, 0.717) is 23.7 Å². The average Bonchev–Trinajstić information content (AvgIpc) is 2.66. The number of ether oxygens (including phenoxy) is 2. The minimum absolute atomic E-state index is 0.137. The minimum Gasteiger partial charge on any atom is -0.497 e. The zero-order valence-electron chi connectivity index (χ0n) is 15.2. The van der Waals surface area contributed by atoms with Crippen molar-refractivity contribution in [2.45, 2.75) is 6.42 Å². The molecule has 3 amide bonds. The lowest BCUT2D eigenvalue weighted by atomic mass is 10.1. The second-order valence-corrected chi connectivity index (χ2v) is 6.03. The van der Waals surface area contributed by atoms with Crippen molar-refractivity contribution in [3.8, 4) is 11.5 Å². The van der Waals surface area contributed by atoms with Gasteiger partial charge in [-0.2, -0.15) is 0 Å². The summed E-state index contributed by atoms with van der Waals surface area (Å²) < 4.78 is 10.5. The number of carbonyl (C=O) groups excluding carboxylic acids is 2. The Labute approximate surface area is 163 Å². The SMILES string of the molecule is COc1ccc(OC)c(CCNC(=O)CNC(=O)Nc2cccc(Cl)c2)c1. The molecule has 0 aliphatic heterocycles. The zero-order chi connectivity index (χ0) is 19.6. The molecule has 2 aromatic rings. The fraction of sp³-hybridized carbons (Fsp3) is 0.263. The van der Waals surface area contributed by atoms with E-state index in [2.05, 4.69) is 16.0 Å². The molecule has 2 rings (SSSR count). The van der Waals surface area contributed by atoms with E-state index in [1.165, 1.54) is 0 Å². The number of methoxy groups -OCH3 is 2. The van der Waals surface area contributed by atoms with Crippen molar-refractivity contribution >= 4 is 29.2 Å². The van der Waals surface area contributed by atoms with E-state index in [9.17, 15) is 9.59 Å². The van der Waals surface area contributed by atoms with E-state index >= 15 is 0 Å². The van der Waals surface area contributed by atoms with Crippen molar-refractivity contribution in [1.29, 1.82) is 0 Å². The van der Waals surface area contributed by atoms with Crippen LogP contribution in [0.5, 0.6) is 11.5 Å². The number of rotatable bonds is 8. The average molecular weight is 392 g/mol. The second kappa shape index (κ2) is 10.3. The van der Waals surface area contributed by atoms with Crippen molar-refractivity contribution < 1.29 is 19.1 Å². The zero-order valence-corrected chi connectivity index (χ0v) is 15.9. The topological polar surface area (TPSA) is 88.7 Å². The molecule has 7 nitrogen and oxygen atoms in total. The van der Waals surface area contributed by atoms with Gasteiger partial charge in [-0.05, 0) is 48.4 Å². The van der Waals surface area contributed by atoms with E-state index < -0.39 is 6.03 Å². The van der Waals surface area contributed by atoms with Crippen LogP contribution in [0.15, 0.2) is 42.5 Å². The van der Waals surface area contributed by atoms with Gasteiger partial charge in [0.25, 0.3) is 0 Å². The van der Waals surface area contributed by atoms with Gasteiger partial charge in [-0.15, -0.1) is 0 Å². The lowest BCUT2D eigenvalue weighted by molar-refractivity contribution is -0.120. The third-order valence-corrected chi connectivity index (χ3v) is 3.93. The first kappa shape index (κ1) is 20.4. The van der Waals surface area contributed by atoms with Crippen LogP contribution in [0.2, 0.25) is 5.02 Å². The predicted octanol–water partition coefficient (Wildman–Crippen LogP) is 2.84. The highest BCUT2D eigenvalue weighted by atomic mass is 35.5. The highest BCUT2D eigenvalue weighted by Crippen LogP contribution is 2.24. The Hall–Kier alpha value is -2.93. The number of amides is 3. The third-order valence-electron chi connectivity index (χ3n) is 3.70. The molecular weight excluding hydrogens is 370 g/mol. The molecule has 0 aliphatic carbocycles. The molecule has 0 atom stereocenters. The van der Waals surface area contributed by atoms with Crippen LogP contribution in [-0.4, -0.2) is 39.2 Å². The summed E-state index contributed by atoms with van der Waals surface area (Å²) in [5.41, 5.74) is 1.47. The smallest absolute Gasteiger partial charge is 0.319 e. The summed E-state index contributed by atoms with van der Waals surface area (Å²) in [5.74, 6) is 1.15. The fourth-order valence-electron chi connectivity index (χ4n) is 2.38. The first-order chi connectivity index (χ1) is 13.0. The summed E-state index contributed by atoms with van der Waals surface area (Å²) in [4.78, 5) is 23.7. The van der Waals surface area contributed by atoms with E-state index in [-0.39, 0.29) is 12.5 Å². The van der Waals surface area contributed by atoms with Gasteiger partial charge in [-0.1, -0.05) is 17.7 Å². The van der Waals surface area contributed by atoms with Gasteiger partial charge in [0.1, 0.15) is 11.5 Å². The predicted molar refractivity (Wildman–Crippen MR) is 105 cm³/mol. The van der Waals surface area contributed by atoms with Crippen molar-refractivity contribution in [3.63, 3.8) is 0 Å². The van der Waals surface area contributed by atoms with Crippen LogP contribution < -0.4 is 25.4 Å². The summed E-state index contributed by atoms with van der Waals surface area (Å²) in [6, 6.07) is 11.7. The number of benzene rings is 2. The van der Waals surface area contributed by atoms with Gasteiger partial charge in [0.15, 0.2) is 0 Å². The van der Waals surface area contributed by atoms with E-state index in [4.69, 9.17) is 21.1 Å². The standard InChI is InChI=1S/C19H22ClN3O4/c1-26-16-6-7-17(27-2)13(10-16)8-9-21-18(24)12-22-19(25)23-15-5-3-4-14(20)11-15/h3-7,10-11H,8-9,12H2,1-2H3,(H,21,24)(H2,22,23,25). The largest absolute Gasteiger partial charge is 0.497 e. The van der Waals surface area contributed by atoms with Crippen LogP contribution in [0, 0.1) is 0 Å². The Morgan fingerprint density at radius 3 is 2.56 bits per heavy atom. The van der Waals surface area contributed by atoms with Crippen molar-refractivity contribution in [3.05, 3.63) is 53.1 Å². The van der Waals surface area contributed by atoms with Crippen LogP contribution in [-0.2, 0) is 11.2 Å². The molecular formula is C19H22ClN3O4. The van der Waals surface area contributed by atoms with Gasteiger partial charge in [-0.3, -0.25) is 4.79 Å². The Morgan fingerprint density at radius 2 is 1.85 bits per heavy atom. The van der Waals surface area contributed by atoms with Gasteiger partial charge in [0.05, 0.1) is 20.8 Å². The Kier molecular flexibility index (Phi) is 7.76. The molecule has 0 aliphatic rings. The van der Waals surface area contributed by atoms with Crippen LogP contribution >= 0.6 is 11.6 Å². The van der Waals surface area contributed by atoms with Gasteiger partial charge in [0.2, 0.25) is 5.91 Å². The van der Waals surface area contributed by atoms with Crippen molar-refractivity contribution in [2.24, 2.45) is 0 Å². The Balaban J connectivity index is 1.74. The van der Waals surface area contributed by atoms with Gasteiger partial charge in [-0.25, -0.2) is 4.79 Å². The first-order valence-electron chi connectivity index (χ1n) is 8.30. The second-order valence-electron chi connectivity index (χ2n) is 5.60. The molecule has 0 bridgehead atoms. The van der Waals surface area contributed by atoms with Crippen molar-refractivity contribution in [1.82, 2.24) is 10.6 Å². The number of hydrogen-bond donors (Lipinski definition) is 3. The monoisotopic (exact) mass is 391 g/mol. The molecule has 0 spiro atoms. The summed E-state index contributed by atoms with van der Waals surface area (Å²) in [5, 5.41) is 8.35. The van der Waals surface area contributed by atoms with Gasteiger partial charge >= 0.3 is 6.03 Å². The minimum atomic E-state index is -0.484. The first-order valence-corrected chi connectivity index (χ1v) is 8.67. The number of halogens is 1. The molecule has 27 heavy (non-hydrogen) atoms. The molecule has 0 aromatic heterocycles. The summed E-state index contributed by atoms with van der Waals surface area (Å²) in [7, 11) is 3.18. The number of urea groups is 1.